The van der Waals surface area contributed by atoms with Crippen LogP contribution in [-0.2, 0) is 11.3 Å². The highest BCUT2D eigenvalue weighted by Gasteiger charge is 2.26. The van der Waals surface area contributed by atoms with Gasteiger partial charge in [-0.3, -0.25) is 14.5 Å². The Morgan fingerprint density at radius 1 is 1.10 bits per heavy atom. The Labute approximate surface area is 172 Å². The van der Waals surface area contributed by atoms with Gasteiger partial charge in [-0.2, -0.15) is 0 Å². The van der Waals surface area contributed by atoms with E-state index in [2.05, 4.69) is 53.3 Å². The summed E-state index contributed by atoms with van der Waals surface area (Å²) in [6.07, 6.45) is 3.27. The molecule has 1 aliphatic heterocycles. The van der Waals surface area contributed by atoms with E-state index in [4.69, 9.17) is 0 Å². The van der Waals surface area contributed by atoms with E-state index in [1.54, 1.807) is 24.3 Å². The molecule has 2 aromatic rings. The summed E-state index contributed by atoms with van der Waals surface area (Å²) in [7, 11) is 0. The molecule has 5 nitrogen and oxygen atoms in total. The van der Waals surface area contributed by atoms with Crippen molar-refractivity contribution < 1.29 is 9.59 Å². The number of carbonyl (C=O) groups is 2. The summed E-state index contributed by atoms with van der Waals surface area (Å²) < 4.78 is 0. The number of amides is 2. The molecule has 1 saturated heterocycles. The minimum atomic E-state index is -0.214. The van der Waals surface area contributed by atoms with E-state index in [-0.39, 0.29) is 17.7 Å². The molecule has 0 saturated carbocycles. The van der Waals surface area contributed by atoms with Gasteiger partial charge in [0.25, 0.3) is 5.91 Å². The molecule has 0 aliphatic carbocycles. The van der Waals surface area contributed by atoms with Gasteiger partial charge in [0.2, 0.25) is 5.91 Å². The van der Waals surface area contributed by atoms with Crippen LogP contribution >= 0.6 is 0 Å². The van der Waals surface area contributed by atoms with Crippen molar-refractivity contribution in [1.29, 1.82) is 0 Å². The third-order valence-corrected chi connectivity index (χ3v) is 5.32. The van der Waals surface area contributed by atoms with Gasteiger partial charge in [0.1, 0.15) is 0 Å². The fraction of sp³-hybridized carbons (Fsp3) is 0.333. The molecule has 2 N–H and O–H groups in total. The number of piperidine rings is 1. The Hall–Kier alpha value is -2.92. The largest absolute Gasteiger partial charge is 0.349 e. The van der Waals surface area contributed by atoms with Gasteiger partial charge in [0.15, 0.2) is 0 Å². The smallest absolute Gasteiger partial charge is 0.253 e. The molecule has 0 spiro atoms. The van der Waals surface area contributed by atoms with E-state index in [1.165, 1.54) is 11.1 Å². The predicted molar refractivity (Wildman–Crippen MR) is 117 cm³/mol. The highest BCUT2D eigenvalue weighted by atomic mass is 16.2. The maximum Gasteiger partial charge on any atom is 0.253 e. The number of nitrogens with zero attached hydrogens (tertiary/aromatic N) is 1. The number of para-hydroxylation sites is 1. The lowest BCUT2D eigenvalue weighted by Gasteiger charge is -2.31. The lowest BCUT2D eigenvalue weighted by Crippen LogP contribution is -2.38. The minimum absolute atomic E-state index is 0.0102. The third kappa shape index (κ3) is 5.78. The molecule has 1 fully saturated rings. The van der Waals surface area contributed by atoms with Crippen LogP contribution in [-0.4, -0.2) is 36.3 Å². The molecular formula is C24H29N3O2. The van der Waals surface area contributed by atoms with Gasteiger partial charge >= 0.3 is 0 Å². The first-order valence-electron chi connectivity index (χ1n) is 10.1. The number of benzene rings is 2. The molecule has 29 heavy (non-hydrogen) atoms. The number of nitrogens with one attached hydrogen (secondary N) is 2. The standard InChI is InChI=1S/C24H29N3O2/c1-3-14-25-24(29)21-6-4-5-7-22(21)26-23(28)20-12-15-27(16-13-20)17-19-10-8-18(2)9-11-19/h3-11,20H,1,12-17H2,2H3,(H,25,29)(H,26,28). The maximum atomic E-state index is 12.8. The number of aryl methyl sites for hydroxylation is 1. The van der Waals surface area contributed by atoms with Gasteiger partial charge in [-0.05, 0) is 50.6 Å². The quantitative estimate of drug-likeness (QED) is 0.707. The van der Waals surface area contributed by atoms with Crippen LogP contribution < -0.4 is 10.6 Å². The lowest BCUT2D eigenvalue weighted by molar-refractivity contribution is -0.121. The summed E-state index contributed by atoms with van der Waals surface area (Å²) in [6, 6.07) is 15.7. The molecule has 0 aromatic heterocycles. The van der Waals surface area contributed by atoms with Gasteiger partial charge in [-0.1, -0.05) is 48.0 Å². The van der Waals surface area contributed by atoms with E-state index >= 15 is 0 Å². The number of rotatable bonds is 7. The summed E-state index contributed by atoms with van der Waals surface area (Å²) in [5.74, 6) is -0.258. The molecule has 2 amide bonds. The Bertz CT molecular complexity index is 853. The molecule has 5 heteroatoms. The van der Waals surface area contributed by atoms with Gasteiger partial charge in [0, 0.05) is 19.0 Å². The van der Waals surface area contributed by atoms with Crippen molar-refractivity contribution in [2.24, 2.45) is 5.92 Å². The van der Waals surface area contributed by atoms with Crippen molar-refractivity contribution >= 4 is 17.5 Å². The van der Waals surface area contributed by atoms with Crippen LogP contribution in [0.3, 0.4) is 0 Å². The summed E-state index contributed by atoms with van der Waals surface area (Å²) in [4.78, 5) is 27.5. The number of likely N-dealkylation sites (tertiary alicyclic amines) is 1. The molecule has 1 aliphatic rings. The predicted octanol–water partition coefficient (Wildman–Crippen LogP) is 3.76. The van der Waals surface area contributed by atoms with Gasteiger partial charge in [-0.15, -0.1) is 6.58 Å². The van der Waals surface area contributed by atoms with Crippen LogP contribution in [0.2, 0.25) is 0 Å². The van der Waals surface area contributed by atoms with Crippen LogP contribution in [0.15, 0.2) is 61.2 Å². The normalized spacial score (nSPS) is 14.9. The SMILES string of the molecule is C=CCNC(=O)c1ccccc1NC(=O)C1CCN(Cc2ccc(C)cc2)CC1. The average Bonchev–Trinajstić information content (AvgIpc) is 2.74. The molecule has 0 bridgehead atoms. The second-order valence-electron chi connectivity index (χ2n) is 7.57. The summed E-state index contributed by atoms with van der Waals surface area (Å²) in [5, 5.41) is 5.72. The van der Waals surface area contributed by atoms with Crippen molar-refractivity contribution in [2.75, 3.05) is 25.0 Å². The minimum Gasteiger partial charge on any atom is -0.349 e. The molecule has 152 valence electrons. The van der Waals surface area contributed by atoms with E-state index < -0.39 is 0 Å². The highest BCUT2D eigenvalue weighted by molar-refractivity contribution is 6.04. The third-order valence-electron chi connectivity index (χ3n) is 5.32. The van der Waals surface area contributed by atoms with Crippen LogP contribution in [0.25, 0.3) is 0 Å². The lowest BCUT2D eigenvalue weighted by atomic mass is 9.95. The van der Waals surface area contributed by atoms with E-state index in [0.717, 1.165) is 32.5 Å². The van der Waals surface area contributed by atoms with Gasteiger partial charge in [0.05, 0.1) is 11.3 Å². The number of anilines is 1. The van der Waals surface area contributed by atoms with Crippen LogP contribution in [0, 0.1) is 12.8 Å². The first-order chi connectivity index (χ1) is 14.1. The topological polar surface area (TPSA) is 61.4 Å². The first-order valence-corrected chi connectivity index (χ1v) is 10.1. The molecule has 0 unspecified atom stereocenters. The highest BCUT2D eigenvalue weighted by Crippen LogP contribution is 2.22. The molecule has 3 rings (SSSR count). The van der Waals surface area contributed by atoms with E-state index in [1.807, 2.05) is 6.07 Å². The number of hydrogen-bond donors (Lipinski definition) is 2. The van der Waals surface area contributed by atoms with Crippen LogP contribution in [0.1, 0.15) is 34.3 Å². The second-order valence-corrected chi connectivity index (χ2v) is 7.57. The zero-order valence-electron chi connectivity index (χ0n) is 17.0. The Morgan fingerprint density at radius 2 is 1.79 bits per heavy atom. The van der Waals surface area contributed by atoms with Gasteiger partial charge < -0.3 is 10.6 Å². The van der Waals surface area contributed by atoms with Crippen molar-refractivity contribution in [1.82, 2.24) is 10.2 Å². The summed E-state index contributed by atoms with van der Waals surface area (Å²) in [6.45, 7) is 8.80. The fourth-order valence-corrected chi connectivity index (χ4v) is 3.59. The number of carbonyl (C=O) groups excluding carboxylic acids is 2. The number of hydrogen-bond acceptors (Lipinski definition) is 3. The Kier molecular flexibility index (Phi) is 7.19. The molecule has 1 heterocycles. The Balaban J connectivity index is 1.54. The zero-order chi connectivity index (χ0) is 20.6. The summed E-state index contributed by atoms with van der Waals surface area (Å²) >= 11 is 0. The second kappa shape index (κ2) is 10.0. The first kappa shape index (κ1) is 20.8. The monoisotopic (exact) mass is 391 g/mol. The molecule has 0 radical (unpaired) electrons. The Morgan fingerprint density at radius 3 is 2.48 bits per heavy atom. The van der Waals surface area contributed by atoms with E-state index in [0.29, 0.717) is 17.8 Å². The fourth-order valence-electron chi connectivity index (χ4n) is 3.59. The van der Waals surface area contributed by atoms with Crippen molar-refractivity contribution in [2.45, 2.75) is 26.3 Å². The van der Waals surface area contributed by atoms with Crippen molar-refractivity contribution in [3.05, 3.63) is 77.9 Å². The maximum absolute atomic E-state index is 12.8. The van der Waals surface area contributed by atoms with E-state index in [9.17, 15) is 9.59 Å². The molecule has 0 atom stereocenters. The zero-order valence-corrected chi connectivity index (χ0v) is 17.0. The van der Waals surface area contributed by atoms with Gasteiger partial charge in [-0.25, -0.2) is 0 Å². The molecule has 2 aromatic carbocycles. The molecular weight excluding hydrogens is 362 g/mol. The van der Waals surface area contributed by atoms with Crippen LogP contribution in [0.5, 0.6) is 0 Å². The van der Waals surface area contributed by atoms with Crippen LogP contribution in [0.4, 0.5) is 5.69 Å². The average molecular weight is 392 g/mol. The van der Waals surface area contributed by atoms with Crippen molar-refractivity contribution in [3.8, 4) is 0 Å². The van der Waals surface area contributed by atoms with Crippen molar-refractivity contribution in [3.63, 3.8) is 0 Å². The summed E-state index contributed by atoms with van der Waals surface area (Å²) in [5.41, 5.74) is 3.60.